The van der Waals surface area contributed by atoms with Gasteiger partial charge in [-0.25, -0.2) is 9.97 Å². The largest absolute Gasteiger partial charge is 0.308 e. The van der Waals surface area contributed by atoms with Gasteiger partial charge in [-0.3, -0.25) is 0 Å². The molecule has 3 nitrogen and oxygen atoms in total. The highest BCUT2D eigenvalue weighted by molar-refractivity contribution is 7.25. The maximum Gasteiger partial charge on any atom is 0.116 e. The van der Waals surface area contributed by atoms with Crippen molar-refractivity contribution in [2.24, 2.45) is 0 Å². The number of aromatic nitrogens is 3. The van der Waals surface area contributed by atoms with Crippen LogP contribution in [0.4, 0.5) is 0 Å². The van der Waals surface area contributed by atoms with E-state index in [-0.39, 0.29) is 0 Å². The van der Waals surface area contributed by atoms with Crippen LogP contribution in [0.25, 0.3) is 70.0 Å². The Morgan fingerprint density at radius 3 is 2.00 bits per heavy atom. The van der Waals surface area contributed by atoms with Crippen molar-refractivity contribution in [2.75, 3.05) is 0 Å². The number of benzene rings is 5. The van der Waals surface area contributed by atoms with Crippen molar-refractivity contribution < 1.29 is 0 Å². The molecular weight excluding hydrogens is 482 g/mol. The first-order valence-corrected chi connectivity index (χ1v) is 13.5. The summed E-state index contributed by atoms with van der Waals surface area (Å²) in [7, 11) is 0. The average Bonchev–Trinajstić information content (AvgIpc) is 3.53. The van der Waals surface area contributed by atoms with Gasteiger partial charge in [0.05, 0.1) is 21.3 Å². The highest BCUT2D eigenvalue weighted by atomic mass is 32.1. The van der Waals surface area contributed by atoms with Crippen LogP contribution in [0.1, 0.15) is 0 Å². The number of rotatable bonds is 3. The Morgan fingerprint density at radius 1 is 0.579 bits per heavy atom. The van der Waals surface area contributed by atoms with E-state index in [1.807, 2.05) is 6.20 Å². The molecule has 0 amide bonds. The number of thiophene rings is 1. The molecule has 0 saturated heterocycles. The summed E-state index contributed by atoms with van der Waals surface area (Å²) < 4.78 is 4.76. The maximum atomic E-state index is 4.74. The first kappa shape index (κ1) is 21.3. The summed E-state index contributed by atoms with van der Waals surface area (Å²) in [5, 5.41) is 3.66. The van der Waals surface area contributed by atoms with Crippen molar-refractivity contribution >= 4 is 53.4 Å². The maximum absolute atomic E-state index is 4.74. The monoisotopic (exact) mass is 503 g/mol. The number of para-hydroxylation sites is 1. The summed E-state index contributed by atoms with van der Waals surface area (Å²) in [6.07, 6.45) is 3.58. The van der Waals surface area contributed by atoms with Crippen LogP contribution in [0, 0.1) is 0 Å². The Kier molecular flexibility index (Phi) is 4.69. The molecule has 0 aliphatic carbocycles. The second-order valence-electron chi connectivity index (χ2n) is 9.53. The van der Waals surface area contributed by atoms with E-state index in [0.29, 0.717) is 0 Å². The van der Waals surface area contributed by atoms with Crippen LogP contribution in [-0.2, 0) is 0 Å². The molecule has 4 heteroatoms. The van der Waals surface area contributed by atoms with Gasteiger partial charge in [-0.05, 0) is 52.6 Å². The molecule has 5 aromatic carbocycles. The fraction of sp³-hybridized carbons (Fsp3) is 0. The first-order chi connectivity index (χ1) is 18.8. The van der Waals surface area contributed by atoms with Gasteiger partial charge in [0.1, 0.15) is 6.33 Å². The molecule has 8 rings (SSSR count). The Morgan fingerprint density at radius 2 is 1.26 bits per heavy atom. The van der Waals surface area contributed by atoms with Crippen molar-refractivity contribution in [3.8, 4) is 27.9 Å². The normalized spacial score (nSPS) is 11.7. The molecule has 8 aromatic rings. The van der Waals surface area contributed by atoms with Gasteiger partial charge in [-0.15, -0.1) is 11.3 Å². The van der Waals surface area contributed by atoms with E-state index in [2.05, 4.69) is 125 Å². The molecule has 3 heterocycles. The molecule has 0 bridgehead atoms. The fourth-order valence-electron chi connectivity index (χ4n) is 5.65. The highest BCUT2D eigenvalue weighted by Gasteiger charge is 2.19. The Balaban J connectivity index is 1.54. The highest BCUT2D eigenvalue weighted by Crippen LogP contribution is 2.43. The fourth-order valence-corrected chi connectivity index (χ4v) is 6.69. The Bertz CT molecular complexity index is 2070. The Labute approximate surface area is 223 Å². The summed E-state index contributed by atoms with van der Waals surface area (Å²) in [5.74, 6) is 0. The predicted molar refractivity (Wildman–Crippen MR) is 160 cm³/mol. The zero-order chi connectivity index (χ0) is 25.1. The quantitative estimate of drug-likeness (QED) is 0.240. The summed E-state index contributed by atoms with van der Waals surface area (Å²) in [4.78, 5) is 9.04. The molecule has 0 saturated carbocycles. The lowest BCUT2D eigenvalue weighted by Crippen LogP contribution is -1.96. The lowest BCUT2D eigenvalue weighted by Gasteiger charge is -2.14. The molecule has 0 fully saturated rings. The van der Waals surface area contributed by atoms with E-state index in [0.717, 1.165) is 15.9 Å². The second-order valence-corrected chi connectivity index (χ2v) is 10.6. The number of hydrogen-bond acceptors (Lipinski definition) is 3. The van der Waals surface area contributed by atoms with Gasteiger partial charge < -0.3 is 4.57 Å². The molecule has 0 radical (unpaired) electrons. The topological polar surface area (TPSA) is 30.7 Å². The summed E-state index contributed by atoms with van der Waals surface area (Å²) in [6.45, 7) is 0. The Hall–Kier alpha value is -4.80. The van der Waals surface area contributed by atoms with Gasteiger partial charge in [0.2, 0.25) is 0 Å². The zero-order valence-corrected chi connectivity index (χ0v) is 21.2. The average molecular weight is 504 g/mol. The lowest BCUT2D eigenvalue weighted by molar-refractivity contribution is 1.19. The third-order valence-electron chi connectivity index (χ3n) is 7.32. The molecule has 0 aliphatic rings. The van der Waals surface area contributed by atoms with Crippen LogP contribution >= 0.6 is 11.3 Å². The van der Waals surface area contributed by atoms with Gasteiger partial charge in [-0.1, -0.05) is 84.9 Å². The van der Waals surface area contributed by atoms with E-state index in [1.165, 1.54) is 54.1 Å². The summed E-state index contributed by atoms with van der Waals surface area (Å²) in [5.41, 5.74) is 9.31. The second kappa shape index (κ2) is 8.37. The number of hydrogen-bond donors (Lipinski definition) is 0. The summed E-state index contributed by atoms with van der Waals surface area (Å²) >= 11 is 1.75. The van der Waals surface area contributed by atoms with Crippen LogP contribution in [0.15, 0.2) is 128 Å². The van der Waals surface area contributed by atoms with E-state index in [1.54, 1.807) is 17.7 Å². The third kappa shape index (κ3) is 3.21. The van der Waals surface area contributed by atoms with Crippen LogP contribution < -0.4 is 0 Å². The van der Waals surface area contributed by atoms with Crippen molar-refractivity contribution in [3.63, 3.8) is 0 Å². The SMILES string of the molecule is c1ccc(-c2cc(-c3ccccc3)cc(-n3c4ccccc4c4ccc5sc6cncnc6c5c43)c2)cc1. The molecule has 0 unspecified atom stereocenters. The molecule has 38 heavy (non-hydrogen) atoms. The molecule has 0 N–H and O–H groups in total. The number of fused-ring (bicyclic) bond motifs is 7. The molecule has 178 valence electrons. The standard InChI is InChI=1S/C34H21N3S/c1-3-9-22(10-4-1)24-17-25(23-11-5-2-6-12-23)19-26(18-24)37-29-14-8-7-13-27(29)28-15-16-30-32(34(28)37)33-31(38-30)20-35-21-36-33/h1-21H. The van der Waals surface area contributed by atoms with Crippen LogP contribution in [-0.4, -0.2) is 14.5 Å². The molecular formula is C34H21N3S. The minimum absolute atomic E-state index is 1.01. The molecule has 3 aromatic heterocycles. The van der Waals surface area contributed by atoms with E-state index in [9.17, 15) is 0 Å². The van der Waals surface area contributed by atoms with Crippen molar-refractivity contribution in [1.29, 1.82) is 0 Å². The van der Waals surface area contributed by atoms with E-state index in [4.69, 9.17) is 4.98 Å². The predicted octanol–water partition coefficient (Wildman–Crippen LogP) is 9.28. The van der Waals surface area contributed by atoms with Crippen LogP contribution in [0.3, 0.4) is 0 Å². The van der Waals surface area contributed by atoms with Gasteiger partial charge in [0, 0.05) is 32.7 Å². The number of nitrogens with zero attached hydrogens (tertiary/aromatic N) is 3. The molecule has 0 aliphatic heterocycles. The van der Waals surface area contributed by atoms with Gasteiger partial charge in [0.25, 0.3) is 0 Å². The smallest absolute Gasteiger partial charge is 0.116 e. The van der Waals surface area contributed by atoms with Crippen LogP contribution in [0.5, 0.6) is 0 Å². The van der Waals surface area contributed by atoms with Crippen LogP contribution in [0.2, 0.25) is 0 Å². The van der Waals surface area contributed by atoms with Crippen molar-refractivity contribution in [2.45, 2.75) is 0 Å². The first-order valence-electron chi connectivity index (χ1n) is 12.7. The zero-order valence-electron chi connectivity index (χ0n) is 20.4. The minimum Gasteiger partial charge on any atom is -0.308 e. The third-order valence-corrected chi connectivity index (χ3v) is 8.40. The van der Waals surface area contributed by atoms with Gasteiger partial charge in [-0.2, -0.15) is 0 Å². The molecule has 0 spiro atoms. The lowest BCUT2D eigenvalue weighted by atomic mass is 9.98. The van der Waals surface area contributed by atoms with E-state index < -0.39 is 0 Å². The summed E-state index contributed by atoms with van der Waals surface area (Å²) in [6, 6.07) is 41.4. The van der Waals surface area contributed by atoms with Gasteiger partial charge in [0.15, 0.2) is 0 Å². The van der Waals surface area contributed by atoms with Gasteiger partial charge >= 0.3 is 0 Å². The van der Waals surface area contributed by atoms with E-state index >= 15 is 0 Å². The minimum atomic E-state index is 1.01. The van der Waals surface area contributed by atoms with Crippen molar-refractivity contribution in [3.05, 3.63) is 128 Å². The van der Waals surface area contributed by atoms with Crippen molar-refractivity contribution in [1.82, 2.24) is 14.5 Å². The molecule has 0 atom stereocenters.